The lowest BCUT2D eigenvalue weighted by atomic mass is 10.2. The van der Waals surface area contributed by atoms with Gasteiger partial charge in [0.15, 0.2) is 0 Å². The lowest BCUT2D eigenvalue weighted by Crippen LogP contribution is -2.05. The van der Waals surface area contributed by atoms with Crippen LogP contribution < -0.4 is 5.32 Å². The molecular weight excluding hydrogens is 332 g/mol. The van der Waals surface area contributed by atoms with Crippen LogP contribution in [0.1, 0.15) is 10.4 Å². The summed E-state index contributed by atoms with van der Waals surface area (Å²) in [6.07, 6.45) is 0.934. The molecule has 0 spiro atoms. The average molecular weight is 342 g/mol. The van der Waals surface area contributed by atoms with Gasteiger partial charge in [0.2, 0.25) is 0 Å². The number of thiophene rings is 1. The molecule has 2 aromatic rings. The number of hydrogen-bond donors (Lipinski definition) is 1. The van der Waals surface area contributed by atoms with Gasteiger partial charge in [0.1, 0.15) is 6.07 Å². The molecule has 5 heteroatoms. The van der Waals surface area contributed by atoms with E-state index >= 15 is 0 Å². The minimum Gasteiger partial charge on any atom is -0.384 e. The van der Waals surface area contributed by atoms with Crippen LogP contribution in [0.25, 0.3) is 0 Å². The Morgan fingerprint density at radius 1 is 1.33 bits per heavy atom. The summed E-state index contributed by atoms with van der Waals surface area (Å²) in [4.78, 5) is 1.31. The number of nitriles is 1. The van der Waals surface area contributed by atoms with Gasteiger partial charge < -0.3 is 5.32 Å². The predicted octanol–water partition coefficient (Wildman–Crippen LogP) is 4.69. The number of rotatable bonds is 4. The normalized spacial score (nSPS) is 10.1. The fourth-order valence-corrected chi connectivity index (χ4v) is 3.22. The van der Waals surface area contributed by atoms with Gasteiger partial charge in [-0.25, -0.2) is 0 Å². The SMILES string of the molecule is N#Cc1cc(Cl)ccc1NCCc1ccc(Br)s1. The van der Waals surface area contributed by atoms with E-state index in [0.717, 1.165) is 22.4 Å². The van der Waals surface area contributed by atoms with Crippen molar-refractivity contribution in [3.63, 3.8) is 0 Å². The van der Waals surface area contributed by atoms with E-state index in [2.05, 4.69) is 33.4 Å². The van der Waals surface area contributed by atoms with Gasteiger partial charge in [0.05, 0.1) is 15.0 Å². The molecule has 0 bridgehead atoms. The number of nitrogens with zero attached hydrogens (tertiary/aromatic N) is 1. The van der Waals surface area contributed by atoms with Crippen molar-refractivity contribution >= 4 is 44.6 Å². The van der Waals surface area contributed by atoms with Gasteiger partial charge >= 0.3 is 0 Å². The molecule has 0 unspecified atom stereocenters. The summed E-state index contributed by atoms with van der Waals surface area (Å²) in [6.45, 7) is 0.795. The quantitative estimate of drug-likeness (QED) is 0.875. The summed E-state index contributed by atoms with van der Waals surface area (Å²) < 4.78 is 1.14. The summed E-state index contributed by atoms with van der Waals surface area (Å²) in [7, 11) is 0. The highest BCUT2D eigenvalue weighted by atomic mass is 79.9. The van der Waals surface area contributed by atoms with Crippen molar-refractivity contribution in [3.05, 3.63) is 49.6 Å². The molecule has 0 atom stereocenters. The van der Waals surface area contributed by atoms with Crippen LogP contribution in [0.3, 0.4) is 0 Å². The second-order valence-electron chi connectivity index (χ2n) is 3.68. The summed E-state index contributed by atoms with van der Waals surface area (Å²) in [5, 5.41) is 12.9. The van der Waals surface area contributed by atoms with E-state index < -0.39 is 0 Å². The van der Waals surface area contributed by atoms with Crippen LogP contribution in [0.2, 0.25) is 5.02 Å². The summed E-state index contributed by atoms with van der Waals surface area (Å²) in [5.74, 6) is 0. The fourth-order valence-electron chi connectivity index (χ4n) is 1.57. The molecular formula is C13H10BrClN2S. The smallest absolute Gasteiger partial charge is 0.101 e. The molecule has 2 nitrogen and oxygen atoms in total. The number of nitrogens with one attached hydrogen (secondary N) is 1. The van der Waals surface area contributed by atoms with Crippen LogP contribution in [0.15, 0.2) is 34.1 Å². The molecule has 18 heavy (non-hydrogen) atoms. The van der Waals surface area contributed by atoms with E-state index in [1.807, 2.05) is 12.1 Å². The molecule has 0 saturated carbocycles. The fraction of sp³-hybridized carbons (Fsp3) is 0.154. The van der Waals surface area contributed by atoms with Gasteiger partial charge in [-0.15, -0.1) is 11.3 Å². The van der Waals surface area contributed by atoms with E-state index in [0.29, 0.717) is 10.6 Å². The third-order valence-electron chi connectivity index (χ3n) is 2.42. The standard InChI is InChI=1S/C13H10BrClN2S/c14-13-4-2-11(18-13)5-6-17-12-3-1-10(15)7-9(12)8-16/h1-4,7,17H,5-6H2. The maximum Gasteiger partial charge on any atom is 0.101 e. The van der Waals surface area contributed by atoms with Crippen LogP contribution in [-0.4, -0.2) is 6.54 Å². The van der Waals surface area contributed by atoms with Crippen LogP contribution in [0, 0.1) is 11.3 Å². The number of anilines is 1. The van der Waals surface area contributed by atoms with Crippen molar-refractivity contribution < 1.29 is 0 Å². The molecule has 2 rings (SSSR count). The lowest BCUT2D eigenvalue weighted by molar-refractivity contribution is 1.04. The van der Waals surface area contributed by atoms with Crippen molar-refractivity contribution in [3.8, 4) is 6.07 Å². The Balaban J connectivity index is 1.96. The Kier molecular flexibility index (Phi) is 4.65. The molecule has 1 heterocycles. The van der Waals surface area contributed by atoms with Crippen LogP contribution >= 0.6 is 38.9 Å². The lowest BCUT2D eigenvalue weighted by Gasteiger charge is -2.07. The van der Waals surface area contributed by atoms with Gasteiger partial charge in [0, 0.05) is 16.4 Å². The zero-order valence-corrected chi connectivity index (χ0v) is 12.6. The predicted molar refractivity (Wildman–Crippen MR) is 80.4 cm³/mol. The molecule has 1 N–H and O–H groups in total. The molecule has 0 aliphatic carbocycles. The van der Waals surface area contributed by atoms with Gasteiger partial charge in [-0.05, 0) is 52.7 Å². The first-order valence-electron chi connectivity index (χ1n) is 5.37. The second kappa shape index (κ2) is 6.24. The Morgan fingerprint density at radius 3 is 2.83 bits per heavy atom. The van der Waals surface area contributed by atoms with Crippen molar-refractivity contribution in [2.75, 3.05) is 11.9 Å². The summed E-state index contributed by atoms with van der Waals surface area (Å²) in [5.41, 5.74) is 1.41. The molecule has 0 amide bonds. The highest BCUT2D eigenvalue weighted by Gasteiger charge is 2.03. The molecule has 0 saturated heterocycles. The second-order valence-corrected chi connectivity index (χ2v) is 6.67. The highest BCUT2D eigenvalue weighted by Crippen LogP contribution is 2.23. The van der Waals surface area contributed by atoms with Gasteiger partial charge in [-0.1, -0.05) is 11.6 Å². The molecule has 1 aromatic heterocycles. The molecule has 0 aliphatic rings. The van der Waals surface area contributed by atoms with Gasteiger partial charge in [-0.2, -0.15) is 5.26 Å². The van der Waals surface area contributed by atoms with E-state index in [1.54, 1.807) is 23.5 Å². The van der Waals surface area contributed by atoms with E-state index in [9.17, 15) is 0 Å². The van der Waals surface area contributed by atoms with Gasteiger partial charge in [0.25, 0.3) is 0 Å². The summed E-state index contributed by atoms with van der Waals surface area (Å²) >= 11 is 11.0. The van der Waals surface area contributed by atoms with E-state index in [4.69, 9.17) is 16.9 Å². The van der Waals surface area contributed by atoms with Crippen molar-refractivity contribution in [1.82, 2.24) is 0 Å². The Hall–Kier alpha value is -1.02. The first-order chi connectivity index (χ1) is 8.69. The zero-order chi connectivity index (χ0) is 13.0. The topological polar surface area (TPSA) is 35.8 Å². The molecule has 1 aromatic carbocycles. The largest absolute Gasteiger partial charge is 0.384 e. The monoisotopic (exact) mass is 340 g/mol. The maximum absolute atomic E-state index is 9.01. The molecule has 0 radical (unpaired) electrons. The highest BCUT2D eigenvalue weighted by molar-refractivity contribution is 9.11. The van der Waals surface area contributed by atoms with Crippen molar-refractivity contribution in [1.29, 1.82) is 5.26 Å². The van der Waals surface area contributed by atoms with Crippen LogP contribution in [-0.2, 0) is 6.42 Å². The number of benzene rings is 1. The first kappa shape index (κ1) is 13.4. The minimum absolute atomic E-state index is 0.579. The number of halogens is 2. The molecule has 92 valence electrons. The third-order valence-corrected chi connectivity index (χ3v) is 4.34. The maximum atomic E-state index is 9.01. The van der Waals surface area contributed by atoms with Crippen molar-refractivity contribution in [2.45, 2.75) is 6.42 Å². The Labute approximate surface area is 123 Å². The van der Waals surface area contributed by atoms with E-state index in [-0.39, 0.29) is 0 Å². The van der Waals surface area contributed by atoms with Crippen LogP contribution in [0.5, 0.6) is 0 Å². The Morgan fingerprint density at radius 2 is 2.17 bits per heavy atom. The first-order valence-corrected chi connectivity index (χ1v) is 7.35. The summed E-state index contributed by atoms with van der Waals surface area (Å²) in [6, 6.07) is 11.6. The number of hydrogen-bond acceptors (Lipinski definition) is 3. The Bertz CT molecular complexity index is 589. The average Bonchev–Trinajstić information content (AvgIpc) is 2.77. The van der Waals surface area contributed by atoms with E-state index in [1.165, 1.54) is 4.88 Å². The van der Waals surface area contributed by atoms with Crippen molar-refractivity contribution in [2.24, 2.45) is 0 Å². The van der Waals surface area contributed by atoms with Crippen LogP contribution in [0.4, 0.5) is 5.69 Å². The zero-order valence-electron chi connectivity index (χ0n) is 9.41. The van der Waals surface area contributed by atoms with Gasteiger partial charge in [-0.3, -0.25) is 0 Å². The third kappa shape index (κ3) is 3.49. The minimum atomic E-state index is 0.579. The molecule has 0 fully saturated rings. The molecule has 0 aliphatic heterocycles.